The number of fused-ring (bicyclic) bond motifs is 1. The number of hydrogen-bond donors (Lipinski definition) is 1. The minimum Gasteiger partial charge on any atom is -0.478 e. The fourth-order valence-corrected chi connectivity index (χ4v) is 1.51. The van der Waals surface area contributed by atoms with Gasteiger partial charge in [0.1, 0.15) is 0 Å². The molecule has 0 fully saturated rings. The summed E-state index contributed by atoms with van der Waals surface area (Å²) in [5.74, 6) is -1.28. The molecule has 0 bridgehead atoms. The van der Waals surface area contributed by atoms with Gasteiger partial charge in [-0.3, -0.25) is 4.98 Å². The van der Waals surface area contributed by atoms with Gasteiger partial charge in [0.15, 0.2) is 0 Å². The Labute approximate surface area is 93.5 Å². The van der Waals surface area contributed by atoms with E-state index in [1.807, 2.05) is 0 Å². The van der Waals surface area contributed by atoms with E-state index in [0.717, 1.165) is 18.2 Å². The van der Waals surface area contributed by atoms with Gasteiger partial charge in [0.05, 0.1) is 16.6 Å². The molecule has 0 amide bonds. The number of alkyl halides is 3. The van der Waals surface area contributed by atoms with Gasteiger partial charge in [-0.25, -0.2) is 4.79 Å². The third-order valence-corrected chi connectivity index (χ3v) is 2.30. The molecule has 88 valence electrons. The third kappa shape index (κ3) is 2.06. The number of nitrogens with zero attached hydrogens (tertiary/aromatic N) is 1. The zero-order valence-electron chi connectivity index (χ0n) is 8.32. The van der Waals surface area contributed by atoms with Crippen LogP contribution in [0.3, 0.4) is 0 Å². The number of pyridine rings is 1. The van der Waals surface area contributed by atoms with Gasteiger partial charge in [-0.1, -0.05) is 0 Å². The predicted octanol–water partition coefficient (Wildman–Crippen LogP) is 2.95. The van der Waals surface area contributed by atoms with E-state index in [2.05, 4.69) is 4.98 Å². The maximum atomic E-state index is 12.5. The highest BCUT2D eigenvalue weighted by molar-refractivity contribution is 6.02. The van der Waals surface area contributed by atoms with Gasteiger partial charge >= 0.3 is 12.1 Å². The zero-order valence-corrected chi connectivity index (χ0v) is 8.32. The van der Waals surface area contributed by atoms with Gasteiger partial charge in [0, 0.05) is 11.6 Å². The quantitative estimate of drug-likeness (QED) is 0.835. The van der Waals surface area contributed by atoms with Crippen molar-refractivity contribution in [1.29, 1.82) is 0 Å². The second-order valence-electron chi connectivity index (χ2n) is 3.39. The molecule has 2 rings (SSSR count). The summed E-state index contributed by atoms with van der Waals surface area (Å²) in [4.78, 5) is 14.7. The molecule has 0 radical (unpaired) electrons. The van der Waals surface area contributed by atoms with E-state index in [9.17, 15) is 18.0 Å². The van der Waals surface area contributed by atoms with Gasteiger partial charge in [0.2, 0.25) is 0 Å². The summed E-state index contributed by atoms with van der Waals surface area (Å²) in [7, 11) is 0. The molecule has 6 heteroatoms. The molecule has 0 saturated heterocycles. The molecule has 1 aromatic carbocycles. The first-order valence-electron chi connectivity index (χ1n) is 4.59. The molecule has 0 aliphatic heterocycles. The number of halogens is 3. The summed E-state index contributed by atoms with van der Waals surface area (Å²) in [6.07, 6.45) is -3.25. The van der Waals surface area contributed by atoms with Crippen molar-refractivity contribution in [2.75, 3.05) is 0 Å². The van der Waals surface area contributed by atoms with Crippen molar-refractivity contribution < 1.29 is 23.1 Å². The fourth-order valence-electron chi connectivity index (χ4n) is 1.51. The Morgan fingerprint density at radius 2 is 1.94 bits per heavy atom. The van der Waals surface area contributed by atoms with Crippen LogP contribution in [0.4, 0.5) is 13.2 Å². The molecule has 1 N–H and O–H groups in total. The summed E-state index contributed by atoms with van der Waals surface area (Å²) in [6.45, 7) is 0. The molecule has 0 atom stereocenters. The highest BCUT2D eigenvalue weighted by atomic mass is 19.4. The smallest absolute Gasteiger partial charge is 0.416 e. The minimum atomic E-state index is -4.50. The normalized spacial score (nSPS) is 11.7. The standard InChI is InChI=1S/C11H6F3NO2/c12-11(13,14)6-1-2-9-8(5-6)7(10(16)17)3-4-15-9/h1-5H,(H,16,17). The van der Waals surface area contributed by atoms with Crippen LogP contribution in [-0.2, 0) is 6.18 Å². The Balaban J connectivity index is 2.75. The van der Waals surface area contributed by atoms with Crippen LogP contribution in [0, 0.1) is 0 Å². The Hall–Kier alpha value is -2.11. The lowest BCUT2D eigenvalue weighted by atomic mass is 10.1. The largest absolute Gasteiger partial charge is 0.478 e. The maximum absolute atomic E-state index is 12.5. The van der Waals surface area contributed by atoms with Crippen LogP contribution in [-0.4, -0.2) is 16.1 Å². The van der Waals surface area contributed by atoms with Crippen LogP contribution < -0.4 is 0 Å². The minimum absolute atomic E-state index is 0.0187. The Morgan fingerprint density at radius 1 is 1.24 bits per heavy atom. The lowest BCUT2D eigenvalue weighted by Crippen LogP contribution is -2.06. The van der Waals surface area contributed by atoms with Crippen LogP contribution >= 0.6 is 0 Å². The van der Waals surface area contributed by atoms with Crippen molar-refractivity contribution in [3.8, 4) is 0 Å². The van der Waals surface area contributed by atoms with Crippen LogP contribution in [0.2, 0.25) is 0 Å². The van der Waals surface area contributed by atoms with Crippen molar-refractivity contribution in [3.63, 3.8) is 0 Å². The molecule has 0 spiro atoms. The Bertz CT molecular complexity index is 593. The van der Waals surface area contributed by atoms with E-state index >= 15 is 0 Å². The molecule has 0 aliphatic carbocycles. The molecular formula is C11H6F3NO2. The van der Waals surface area contributed by atoms with Crippen molar-refractivity contribution in [2.24, 2.45) is 0 Å². The second-order valence-corrected chi connectivity index (χ2v) is 3.39. The lowest BCUT2D eigenvalue weighted by Gasteiger charge is -2.08. The number of carboxylic acids is 1. The third-order valence-electron chi connectivity index (χ3n) is 2.30. The molecule has 0 saturated carbocycles. The Kier molecular flexibility index (Phi) is 2.49. The number of hydrogen-bond acceptors (Lipinski definition) is 2. The number of aromatic carboxylic acids is 1. The number of carboxylic acid groups (broad SMARTS) is 1. The molecule has 0 aliphatic rings. The molecular weight excluding hydrogens is 235 g/mol. The van der Waals surface area contributed by atoms with E-state index in [1.54, 1.807) is 0 Å². The average Bonchev–Trinajstić information content (AvgIpc) is 2.26. The van der Waals surface area contributed by atoms with Gasteiger partial charge < -0.3 is 5.11 Å². The molecule has 1 heterocycles. The predicted molar refractivity (Wildman–Crippen MR) is 53.7 cm³/mol. The summed E-state index contributed by atoms with van der Waals surface area (Å²) < 4.78 is 37.4. The first kappa shape index (κ1) is 11.4. The monoisotopic (exact) mass is 241 g/mol. The topological polar surface area (TPSA) is 50.2 Å². The number of benzene rings is 1. The average molecular weight is 241 g/mol. The van der Waals surface area contributed by atoms with Crippen molar-refractivity contribution in [1.82, 2.24) is 4.98 Å². The van der Waals surface area contributed by atoms with Gasteiger partial charge in [0.25, 0.3) is 0 Å². The first-order chi connectivity index (χ1) is 7.89. The van der Waals surface area contributed by atoms with E-state index in [1.165, 1.54) is 12.3 Å². The van der Waals surface area contributed by atoms with E-state index in [-0.39, 0.29) is 16.5 Å². The van der Waals surface area contributed by atoms with E-state index in [0.29, 0.717) is 0 Å². The van der Waals surface area contributed by atoms with Crippen molar-refractivity contribution in [3.05, 3.63) is 41.6 Å². The fraction of sp³-hybridized carbons (Fsp3) is 0.0909. The molecule has 3 nitrogen and oxygen atoms in total. The maximum Gasteiger partial charge on any atom is 0.416 e. The molecule has 17 heavy (non-hydrogen) atoms. The highest BCUT2D eigenvalue weighted by Gasteiger charge is 2.30. The van der Waals surface area contributed by atoms with E-state index < -0.39 is 17.7 Å². The number of aromatic nitrogens is 1. The SMILES string of the molecule is O=C(O)c1ccnc2ccc(C(F)(F)F)cc12. The van der Waals surface area contributed by atoms with Crippen molar-refractivity contribution >= 4 is 16.9 Å². The zero-order chi connectivity index (χ0) is 12.6. The molecule has 2 aromatic rings. The van der Waals surface area contributed by atoms with Crippen LogP contribution in [0.15, 0.2) is 30.5 Å². The Morgan fingerprint density at radius 3 is 2.53 bits per heavy atom. The van der Waals surface area contributed by atoms with Gasteiger partial charge in [-0.05, 0) is 24.3 Å². The molecule has 1 aromatic heterocycles. The van der Waals surface area contributed by atoms with Crippen LogP contribution in [0.1, 0.15) is 15.9 Å². The highest BCUT2D eigenvalue weighted by Crippen LogP contribution is 2.31. The van der Waals surface area contributed by atoms with Gasteiger partial charge in [-0.2, -0.15) is 13.2 Å². The number of carbonyl (C=O) groups is 1. The summed E-state index contributed by atoms with van der Waals surface area (Å²) in [5, 5.41) is 8.85. The van der Waals surface area contributed by atoms with Gasteiger partial charge in [-0.15, -0.1) is 0 Å². The van der Waals surface area contributed by atoms with E-state index in [4.69, 9.17) is 5.11 Å². The summed E-state index contributed by atoms with van der Waals surface area (Å²) in [5.41, 5.74) is -0.862. The van der Waals surface area contributed by atoms with Crippen molar-refractivity contribution in [2.45, 2.75) is 6.18 Å². The lowest BCUT2D eigenvalue weighted by molar-refractivity contribution is -0.137. The van der Waals surface area contributed by atoms with Crippen LogP contribution in [0.25, 0.3) is 10.9 Å². The summed E-state index contributed by atoms with van der Waals surface area (Å²) >= 11 is 0. The first-order valence-corrected chi connectivity index (χ1v) is 4.59. The number of rotatable bonds is 1. The second kappa shape index (κ2) is 3.73. The summed E-state index contributed by atoms with van der Waals surface area (Å²) in [6, 6.07) is 4.00. The molecule has 0 unspecified atom stereocenters. The van der Waals surface area contributed by atoms with Crippen LogP contribution in [0.5, 0.6) is 0 Å².